The summed E-state index contributed by atoms with van der Waals surface area (Å²) in [6.07, 6.45) is 8.29. The quantitative estimate of drug-likeness (QED) is 0.799. The molecule has 1 fully saturated rings. The molecule has 1 aliphatic carbocycles. The largest absolute Gasteiger partial charge is 0.462 e. The fraction of sp³-hybridized carbons (Fsp3) is 0.600. The van der Waals surface area contributed by atoms with E-state index in [2.05, 4.69) is 10.3 Å². The van der Waals surface area contributed by atoms with E-state index in [1.165, 1.54) is 32.1 Å². The Balaban J connectivity index is 1.76. The number of carbonyl (C=O) groups is 1. The third-order valence-electron chi connectivity index (χ3n) is 3.61. The molecule has 4 heteroatoms. The van der Waals surface area contributed by atoms with E-state index in [0.29, 0.717) is 12.2 Å². The smallest absolute Gasteiger partial charge is 0.339 e. The molecule has 2 rings (SSSR count). The molecular weight excluding hydrogens is 240 g/mol. The van der Waals surface area contributed by atoms with Crippen LogP contribution in [-0.2, 0) is 4.74 Å². The molecule has 0 saturated heterocycles. The summed E-state index contributed by atoms with van der Waals surface area (Å²) in [5, 5.41) is 3.31. The minimum Gasteiger partial charge on any atom is -0.462 e. The van der Waals surface area contributed by atoms with Gasteiger partial charge in [-0.3, -0.25) is 0 Å². The van der Waals surface area contributed by atoms with Crippen molar-refractivity contribution in [1.29, 1.82) is 0 Å². The van der Waals surface area contributed by atoms with Crippen LogP contribution in [0, 0.1) is 5.92 Å². The van der Waals surface area contributed by atoms with Crippen molar-refractivity contribution in [3.05, 3.63) is 23.9 Å². The predicted octanol–water partition coefficient (Wildman–Crippen LogP) is 3.25. The number of carbonyl (C=O) groups excluding carboxylic acids is 1. The number of nitrogens with zero attached hydrogens (tertiary/aromatic N) is 1. The van der Waals surface area contributed by atoms with Crippen LogP contribution in [0.1, 0.15) is 49.4 Å². The third-order valence-corrected chi connectivity index (χ3v) is 3.61. The fourth-order valence-corrected chi connectivity index (χ4v) is 2.54. The van der Waals surface area contributed by atoms with Crippen molar-refractivity contribution in [3.63, 3.8) is 0 Å². The Kier molecular flexibility index (Phi) is 5.19. The summed E-state index contributed by atoms with van der Waals surface area (Å²) >= 11 is 0. The Labute approximate surface area is 114 Å². The maximum atomic E-state index is 11.5. The van der Waals surface area contributed by atoms with Crippen LogP contribution in [0.2, 0.25) is 0 Å². The van der Waals surface area contributed by atoms with Crippen molar-refractivity contribution >= 4 is 11.8 Å². The summed E-state index contributed by atoms with van der Waals surface area (Å²) in [6.45, 7) is 3.14. The number of esters is 1. The first-order valence-electron chi connectivity index (χ1n) is 7.16. The van der Waals surface area contributed by atoms with Gasteiger partial charge in [-0.1, -0.05) is 25.7 Å². The van der Waals surface area contributed by atoms with Crippen LogP contribution < -0.4 is 5.32 Å². The molecule has 4 nitrogen and oxygen atoms in total. The maximum absolute atomic E-state index is 11.5. The van der Waals surface area contributed by atoms with Gasteiger partial charge in [-0.2, -0.15) is 0 Å². The molecule has 19 heavy (non-hydrogen) atoms. The molecule has 0 amide bonds. The SMILES string of the molecule is CCOC(=O)c1ccc(NCCC2CCCC2)nc1. The summed E-state index contributed by atoms with van der Waals surface area (Å²) < 4.78 is 4.92. The second-order valence-electron chi connectivity index (χ2n) is 5.02. The van der Waals surface area contributed by atoms with Crippen LogP contribution in [0.4, 0.5) is 5.82 Å². The normalized spacial score (nSPS) is 15.4. The van der Waals surface area contributed by atoms with Crippen molar-refractivity contribution in [2.24, 2.45) is 5.92 Å². The Bertz CT molecular complexity index is 397. The molecule has 1 saturated carbocycles. The summed E-state index contributed by atoms with van der Waals surface area (Å²) in [4.78, 5) is 15.7. The van der Waals surface area contributed by atoms with Crippen molar-refractivity contribution in [1.82, 2.24) is 4.98 Å². The van der Waals surface area contributed by atoms with Gasteiger partial charge in [0.05, 0.1) is 12.2 Å². The zero-order valence-electron chi connectivity index (χ0n) is 11.5. The third kappa shape index (κ3) is 4.23. The first-order valence-corrected chi connectivity index (χ1v) is 7.16. The number of nitrogens with one attached hydrogen (secondary N) is 1. The van der Waals surface area contributed by atoms with E-state index in [-0.39, 0.29) is 5.97 Å². The number of aromatic nitrogens is 1. The van der Waals surface area contributed by atoms with Gasteiger partial charge >= 0.3 is 5.97 Å². The predicted molar refractivity (Wildman–Crippen MR) is 75.3 cm³/mol. The molecule has 1 aromatic heterocycles. The number of rotatable bonds is 6. The molecule has 0 radical (unpaired) electrons. The van der Waals surface area contributed by atoms with E-state index in [9.17, 15) is 4.79 Å². The molecule has 0 unspecified atom stereocenters. The second-order valence-corrected chi connectivity index (χ2v) is 5.02. The molecular formula is C15H22N2O2. The standard InChI is InChI=1S/C15H22N2O2/c1-2-19-15(18)13-7-8-14(17-11-13)16-10-9-12-5-3-4-6-12/h7-8,11-12H,2-6,9-10H2,1H3,(H,16,17). The molecule has 104 valence electrons. The van der Waals surface area contributed by atoms with Crippen LogP contribution in [0.15, 0.2) is 18.3 Å². The molecule has 0 atom stereocenters. The van der Waals surface area contributed by atoms with Crippen molar-refractivity contribution in [3.8, 4) is 0 Å². The molecule has 0 aromatic carbocycles. The average molecular weight is 262 g/mol. The number of hydrogen-bond donors (Lipinski definition) is 1. The van der Waals surface area contributed by atoms with E-state index in [1.54, 1.807) is 19.2 Å². The molecule has 0 aliphatic heterocycles. The van der Waals surface area contributed by atoms with Crippen LogP contribution >= 0.6 is 0 Å². The number of ether oxygens (including phenoxy) is 1. The number of anilines is 1. The second kappa shape index (κ2) is 7.12. The van der Waals surface area contributed by atoms with Gasteiger partial charge in [-0.05, 0) is 31.4 Å². The Morgan fingerprint density at radius 3 is 2.84 bits per heavy atom. The van der Waals surface area contributed by atoms with Gasteiger partial charge in [0.1, 0.15) is 5.82 Å². The first kappa shape index (κ1) is 13.8. The highest BCUT2D eigenvalue weighted by atomic mass is 16.5. The van der Waals surface area contributed by atoms with E-state index < -0.39 is 0 Å². The molecule has 1 aliphatic rings. The highest BCUT2D eigenvalue weighted by Crippen LogP contribution is 2.27. The molecule has 0 bridgehead atoms. The minimum absolute atomic E-state index is 0.312. The maximum Gasteiger partial charge on any atom is 0.339 e. The highest BCUT2D eigenvalue weighted by Gasteiger charge is 2.14. The van der Waals surface area contributed by atoms with Gasteiger partial charge in [0, 0.05) is 12.7 Å². The zero-order valence-corrected chi connectivity index (χ0v) is 11.5. The van der Waals surface area contributed by atoms with Gasteiger partial charge in [0.2, 0.25) is 0 Å². The molecule has 1 aromatic rings. The van der Waals surface area contributed by atoms with E-state index in [1.807, 2.05) is 6.07 Å². The van der Waals surface area contributed by atoms with Crippen LogP contribution in [0.5, 0.6) is 0 Å². The lowest BCUT2D eigenvalue weighted by Gasteiger charge is -2.10. The van der Waals surface area contributed by atoms with E-state index in [4.69, 9.17) is 4.74 Å². The summed E-state index contributed by atoms with van der Waals surface area (Å²) in [7, 11) is 0. The number of pyridine rings is 1. The number of hydrogen-bond acceptors (Lipinski definition) is 4. The highest BCUT2D eigenvalue weighted by molar-refractivity contribution is 5.89. The first-order chi connectivity index (χ1) is 9.29. The molecule has 1 N–H and O–H groups in total. The van der Waals surface area contributed by atoms with Crippen LogP contribution in [0.25, 0.3) is 0 Å². The van der Waals surface area contributed by atoms with Crippen LogP contribution in [-0.4, -0.2) is 24.1 Å². The van der Waals surface area contributed by atoms with Crippen molar-refractivity contribution in [2.45, 2.75) is 39.0 Å². The fourth-order valence-electron chi connectivity index (χ4n) is 2.54. The zero-order chi connectivity index (χ0) is 13.5. The molecule has 0 spiro atoms. The minimum atomic E-state index is -0.312. The van der Waals surface area contributed by atoms with Crippen LogP contribution in [0.3, 0.4) is 0 Å². The van der Waals surface area contributed by atoms with Gasteiger partial charge < -0.3 is 10.1 Å². The van der Waals surface area contributed by atoms with Crippen molar-refractivity contribution in [2.75, 3.05) is 18.5 Å². The van der Waals surface area contributed by atoms with Gasteiger partial charge in [-0.25, -0.2) is 9.78 Å². The summed E-state index contributed by atoms with van der Waals surface area (Å²) in [5.74, 6) is 1.39. The summed E-state index contributed by atoms with van der Waals surface area (Å²) in [6, 6.07) is 3.59. The summed E-state index contributed by atoms with van der Waals surface area (Å²) in [5.41, 5.74) is 0.503. The van der Waals surface area contributed by atoms with E-state index >= 15 is 0 Å². The lowest BCUT2D eigenvalue weighted by molar-refractivity contribution is 0.0526. The lowest BCUT2D eigenvalue weighted by Crippen LogP contribution is -2.09. The van der Waals surface area contributed by atoms with Gasteiger partial charge in [0.15, 0.2) is 0 Å². The van der Waals surface area contributed by atoms with Crippen molar-refractivity contribution < 1.29 is 9.53 Å². The lowest BCUT2D eigenvalue weighted by atomic mass is 10.0. The van der Waals surface area contributed by atoms with Gasteiger partial charge in [0.25, 0.3) is 0 Å². The monoisotopic (exact) mass is 262 g/mol. The van der Waals surface area contributed by atoms with Gasteiger partial charge in [-0.15, -0.1) is 0 Å². The molecule has 1 heterocycles. The Morgan fingerprint density at radius 1 is 1.42 bits per heavy atom. The topological polar surface area (TPSA) is 51.2 Å². The Morgan fingerprint density at radius 2 is 2.21 bits per heavy atom. The Hall–Kier alpha value is -1.58. The van der Waals surface area contributed by atoms with E-state index in [0.717, 1.165) is 18.3 Å². The average Bonchev–Trinajstić information content (AvgIpc) is 2.93.